The lowest BCUT2D eigenvalue weighted by Crippen LogP contribution is -2.33. The number of aromatic hydroxyl groups is 1. The lowest BCUT2D eigenvalue weighted by Gasteiger charge is -2.28. The summed E-state index contributed by atoms with van der Waals surface area (Å²) < 4.78 is 13.0. The molecule has 0 bridgehead atoms. The number of hydrogen-bond acceptors (Lipinski definition) is 4. The minimum absolute atomic E-state index is 0.103. The van der Waals surface area contributed by atoms with E-state index in [0.29, 0.717) is 0 Å². The van der Waals surface area contributed by atoms with E-state index >= 15 is 0 Å². The van der Waals surface area contributed by atoms with Gasteiger partial charge < -0.3 is 15.3 Å². The number of para-hydroxylation sites is 1. The Hall–Kier alpha value is -2.73. The first-order valence-electron chi connectivity index (χ1n) is 8.57. The van der Waals surface area contributed by atoms with Crippen molar-refractivity contribution in [3.63, 3.8) is 0 Å². The molecule has 0 aromatic heterocycles. The van der Waals surface area contributed by atoms with E-state index < -0.39 is 11.7 Å². The predicted octanol–water partition coefficient (Wildman–Crippen LogP) is 3.31. The molecule has 3 rings (SSSR count). The van der Waals surface area contributed by atoms with Gasteiger partial charge >= 0.3 is 0 Å². The molecule has 0 saturated carbocycles. The zero-order valence-electron chi connectivity index (χ0n) is 14.5. The van der Waals surface area contributed by atoms with Gasteiger partial charge in [0.05, 0.1) is 11.3 Å². The number of hydrogen-bond donors (Lipinski definition) is 2. The van der Waals surface area contributed by atoms with Crippen LogP contribution in [0, 0.1) is 11.7 Å². The number of amides is 1. The summed E-state index contributed by atoms with van der Waals surface area (Å²) in [5.41, 5.74) is 0.646. The van der Waals surface area contributed by atoms with Crippen LogP contribution in [0.15, 0.2) is 42.5 Å². The molecular weight excluding hydrogens is 335 g/mol. The molecule has 1 saturated heterocycles. The van der Waals surface area contributed by atoms with Gasteiger partial charge in [-0.25, -0.2) is 4.39 Å². The molecule has 2 aromatic rings. The molecule has 2 N–H and O–H groups in total. The molecule has 1 aliphatic rings. The largest absolute Gasteiger partial charge is 0.505 e. The molecule has 6 heteroatoms. The Labute approximate surface area is 151 Å². The number of carbonyl (C=O) groups is 2. The van der Waals surface area contributed by atoms with E-state index in [-0.39, 0.29) is 34.3 Å². The number of rotatable bonds is 4. The Bertz CT molecular complexity index is 812. The normalized spacial score (nSPS) is 15.6. The molecule has 1 amide bonds. The fourth-order valence-corrected chi connectivity index (χ4v) is 3.13. The van der Waals surface area contributed by atoms with E-state index in [4.69, 9.17) is 0 Å². The third kappa shape index (κ3) is 3.91. The van der Waals surface area contributed by atoms with Crippen LogP contribution in [0.4, 0.5) is 10.1 Å². The van der Waals surface area contributed by atoms with E-state index in [2.05, 4.69) is 10.2 Å². The lowest BCUT2D eigenvalue weighted by molar-refractivity contribution is 0.0853. The summed E-state index contributed by atoms with van der Waals surface area (Å²) >= 11 is 0. The second-order valence-electron chi connectivity index (χ2n) is 6.60. The Morgan fingerprint density at radius 3 is 2.42 bits per heavy atom. The minimum atomic E-state index is -0.482. The van der Waals surface area contributed by atoms with Crippen LogP contribution < -0.4 is 5.32 Å². The number of phenolic OH excluding ortho intramolecular Hbond substituents is 1. The highest BCUT2D eigenvalue weighted by atomic mass is 19.1. The minimum Gasteiger partial charge on any atom is -0.505 e. The van der Waals surface area contributed by atoms with Gasteiger partial charge in [-0.15, -0.1) is 0 Å². The Morgan fingerprint density at radius 1 is 1.12 bits per heavy atom. The molecule has 1 fully saturated rings. The number of piperidine rings is 1. The van der Waals surface area contributed by atoms with Gasteiger partial charge in [0.25, 0.3) is 5.91 Å². The van der Waals surface area contributed by atoms with Crippen molar-refractivity contribution in [3.05, 3.63) is 59.4 Å². The SMILES string of the molecule is CN1CCC(C(=O)c2cccc(NC(=O)c3ccc(F)cc3)c2O)CC1. The molecule has 26 heavy (non-hydrogen) atoms. The molecule has 136 valence electrons. The first-order valence-corrected chi connectivity index (χ1v) is 8.57. The maximum absolute atomic E-state index is 13.0. The number of likely N-dealkylation sites (tertiary alicyclic amines) is 1. The standard InChI is InChI=1S/C20H21FN2O3/c1-23-11-9-13(10-12-23)18(24)16-3-2-4-17(19(16)25)22-20(26)14-5-7-15(21)8-6-14/h2-8,13,25H,9-12H2,1H3,(H,22,26). The van der Waals surface area contributed by atoms with Crippen molar-refractivity contribution in [2.24, 2.45) is 5.92 Å². The molecule has 2 aromatic carbocycles. The fourth-order valence-electron chi connectivity index (χ4n) is 3.13. The first-order chi connectivity index (χ1) is 12.5. The molecule has 0 unspecified atom stereocenters. The zero-order valence-corrected chi connectivity index (χ0v) is 14.5. The lowest BCUT2D eigenvalue weighted by atomic mass is 9.88. The van der Waals surface area contributed by atoms with E-state index in [1.54, 1.807) is 12.1 Å². The number of benzene rings is 2. The van der Waals surface area contributed by atoms with Gasteiger partial charge in [0, 0.05) is 11.5 Å². The third-order valence-corrected chi connectivity index (χ3v) is 4.75. The third-order valence-electron chi connectivity index (χ3n) is 4.75. The monoisotopic (exact) mass is 356 g/mol. The van der Waals surface area contributed by atoms with Crippen LogP contribution in [0.25, 0.3) is 0 Å². The van der Waals surface area contributed by atoms with Crippen LogP contribution in [0.1, 0.15) is 33.6 Å². The van der Waals surface area contributed by atoms with Gasteiger partial charge in [-0.05, 0) is 69.4 Å². The van der Waals surface area contributed by atoms with Crippen LogP contribution in [0.3, 0.4) is 0 Å². The molecule has 0 spiro atoms. The summed E-state index contributed by atoms with van der Waals surface area (Å²) in [6, 6.07) is 9.82. The summed E-state index contributed by atoms with van der Waals surface area (Å²) in [4.78, 5) is 27.2. The highest BCUT2D eigenvalue weighted by Gasteiger charge is 2.27. The van der Waals surface area contributed by atoms with Crippen molar-refractivity contribution >= 4 is 17.4 Å². The number of phenols is 1. The maximum atomic E-state index is 13.0. The topological polar surface area (TPSA) is 69.6 Å². The molecular formula is C20H21FN2O3. The van der Waals surface area contributed by atoms with Gasteiger partial charge in [0.1, 0.15) is 11.6 Å². The average molecular weight is 356 g/mol. The van der Waals surface area contributed by atoms with Crippen molar-refractivity contribution in [2.75, 3.05) is 25.5 Å². The Morgan fingerprint density at radius 2 is 1.77 bits per heavy atom. The number of nitrogens with one attached hydrogen (secondary N) is 1. The van der Waals surface area contributed by atoms with Gasteiger partial charge in [0.2, 0.25) is 0 Å². The second kappa shape index (κ2) is 7.66. The van der Waals surface area contributed by atoms with Crippen molar-refractivity contribution in [3.8, 4) is 5.75 Å². The molecule has 1 heterocycles. The summed E-state index contributed by atoms with van der Waals surface area (Å²) in [7, 11) is 2.02. The number of Topliss-reactive ketones (excluding diaryl/α,β-unsaturated/α-hetero) is 1. The summed E-state index contributed by atoms with van der Waals surface area (Å²) in [6.45, 7) is 1.69. The van der Waals surface area contributed by atoms with Crippen molar-refractivity contribution in [1.82, 2.24) is 4.90 Å². The summed E-state index contributed by atoms with van der Waals surface area (Å²) in [6.07, 6.45) is 1.50. The number of nitrogens with zero attached hydrogens (tertiary/aromatic N) is 1. The van der Waals surface area contributed by atoms with E-state index in [9.17, 15) is 19.1 Å². The van der Waals surface area contributed by atoms with Crippen LogP contribution in [-0.4, -0.2) is 41.8 Å². The first kappa shape index (κ1) is 18.1. The zero-order chi connectivity index (χ0) is 18.7. The molecule has 5 nitrogen and oxygen atoms in total. The molecule has 1 aliphatic heterocycles. The maximum Gasteiger partial charge on any atom is 0.255 e. The van der Waals surface area contributed by atoms with Crippen LogP contribution in [-0.2, 0) is 0 Å². The van der Waals surface area contributed by atoms with Gasteiger partial charge in [-0.1, -0.05) is 6.07 Å². The quantitative estimate of drug-likeness (QED) is 0.651. The average Bonchev–Trinajstić information content (AvgIpc) is 2.64. The predicted molar refractivity (Wildman–Crippen MR) is 97.0 cm³/mol. The fraction of sp³-hybridized carbons (Fsp3) is 0.300. The van der Waals surface area contributed by atoms with Crippen LogP contribution in [0.5, 0.6) is 5.75 Å². The molecule has 0 radical (unpaired) electrons. The highest BCUT2D eigenvalue weighted by Crippen LogP contribution is 2.32. The van der Waals surface area contributed by atoms with E-state index in [0.717, 1.165) is 25.9 Å². The Kier molecular flexibility index (Phi) is 5.32. The summed E-state index contributed by atoms with van der Waals surface area (Å²) in [5.74, 6) is -1.38. The molecule has 0 atom stereocenters. The van der Waals surface area contributed by atoms with E-state index in [1.165, 1.54) is 30.3 Å². The van der Waals surface area contributed by atoms with Crippen LogP contribution in [0.2, 0.25) is 0 Å². The van der Waals surface area contributed by atoms with Gasteiger partial charge in [-0.3, -0.25) is 9.59 Å². The number of halogens is 1. The summed E-state index contributed by atoms with van der Waals surface area (Å²) in [5, 5.41) is 13.1. The molecule has 0 aliphatic carbocycles. The van der Waals surface area contributed by atoms with E-state index in [1.807, 2.05) is 7.05 Å². The number of ketones is 1. The second-order valence-corrected chi connectivity index (χ2v) is 6.60. The van der Waals surface area contributed by atoms with Crippen molar-refractivity contribution in [1.29, 1.82) is 0 Å². The number of carbonyl (C=O) groups excluding carboxylic acids is 2. The van der Waals surface area contributed by atoms with Crippen LogP contribution >= 0.6 is 0 Å². The number of anilines is 1. The Balaban J connectivity index is 1.77. The van der Waals surface area contributed by atoms with Crippen molar-refractivity contribution in [2.45, 2.75) is 12.8 Å². The highest BCUT2D eigenvalue weighted by molar-refractivity contribution is 6.07. The van der Waals surface area contributed by atoms with Gasteiger partial charge in [0.15, 0.2) is 5.78 Å². The smallest absolute Gasteiger partial charge is 0.255 e. The van der Waals surface area contributed by atoms with Crippen molar-refractivity contribution < 1.29 is 19.1 Å². The van der Waals surface area contributed by atoms with Gasteiger partial charge in [-0.2, -0.15) is 0 Å².